The fourth-order valence-electron chi connectivity index (χ4n) is 1.42. The van der Waals surface area contributed by atoms with E-state index in [2.05, 4.69) is 24.9 Å². The zero-order valence-electron chi connectivity index (χ0n) is 8.28. The Labute approximate surface area is 91.3 Å². The molecule has 0 N–H and O–H groups in total. The van der Waals surface area contributed by atoms with Crippen LogP contribution in [-0.2, 0) is 0 Å². The number of hydrogen-bond acceptors (Lipinski definition) is 5. The van der Waals surface area contributed by atoms with Crippen molar-refractivity contribution in [2.45, 2.75) is 0 Å². The third-order valence-corrected chi connectivity index (χ3v) is 2.17. The molecule has 3 aromatic heterocycles. The monoisotopic (exact) mass is 209 g/mol. The summed E-state index contributed by atoms with van der Waals surface area (Å²) in [6.07, 6.45) is 8.29. The van der Waals surface area contributed by atoms with Crippen LogP contribution in [0.5, 0.6) is 0 Å². The smallest absolute Gasteiger partial charge is 0.164 e. The lowest BCUT2D eigenvalue weighted by Gasteiger charge is -1.99. The van der Waals surface area contributed by atoms with Gasteiger partial charge < -0.3 is 0 Å². The molecular weight excluding hydrogens is 202 g/mol. The largest absolute Gasteiger partial charge is 0.244 e. The third kappa shape index (κ3) is 1.48. The molecule has 76 valence electrons. The number of nitrogens with zero attached hydrogens (tertiary/aromatic N) is 5. The minimum atomic E-state index is 0.590. The van der Waals surface area contributed by atoms with Crippen LogP contribution in [0.4, 0.5) is 0 Å². The fraction of sp³-hybridized carbons (Fsp3) is 0. The highest BCUT2D eigenvalue weighted by molar-refractivity contribution is 5.75. The van der Waals surface area contributed by atoms with Crippen molar-refractivity contribution < 1.29 is 0 Å². The van der Waals surface area contributed by atoms with Gasteiger partial charge in [-0.2, -0.15) is 0 Å². The van der Waals surface area contributed by atoms with Crippen LogP contribution in [0.2, 0.25) is 0 Å². The summed E-state index contributed by atoms with van der Waals surface area (Å²) in [5.74, 6) is 0.590. The van der Waals surface area contributed by atoms with Crippen molar-refractivity contribution in [2.75, 3.05) is 0 Å². The molecule has 3 rings (SSSR count). The Kier molecular flexibility index (Phi) is 2.00. The molecule has 0 aliphatic rings. The maximum atomic E-state index is 4.34. The number of rotatable bonds is 1. The van der Waals surface area contributed by atoms with Gasteiger partial charge in [-0.3, -0.25) is 0 Å². The molecule has 0 amide bonds. The molecule has 5 heteroatoms. The van der Waals surface area contributed by atoms with Gasteiger partial charge in [0.25, 0.3) is 0 Å². The van der Waals surface area contributed by atoms with E-state index in [0.29, 0.717) is 11.5 Å². The molecule has 16 heavy (non-hydrogen) atoms. The van der Waals surface area contributed by atoms with Crippen molar-refractivity contribution in [3.05, 3.63) is 43.2 Å². The topological polar surface area (TPSA) is 64.5 Å². The van der Waals surface area contributed by atoms with E-state index in [9.17, 15) is 0 Å². The highest BCUT2D eigenvalue weighted by atomic mass is 14.9. The highest BCUT2D eigenvalue weighted by Crippen LogP contribution is 2.14. The van der Waals surface area contributed by atoms with E-state index >= 15 is 0 Å². The van der Waals surface area contributed by atoms with Crippen LogP contribution in [0.25, 0.3) is 22.4 Å². The van der Waals surface area contributed by atoms with E-state index in [1.54, 1.807) is 24.8 Å². The quantitative estimate of drug-likeness (QED) is 0.607. The summed E-state index contributed by atoms with van der Waals surface area (Å²) in [4.78, 5) is 20.6. The first-order valence-corrected chi connectivity index (χ1v) is 4.76. The fourth-order valence-corrected chi connectivity index (χ4v) is 1.42. The predicted octanol–water partition coefficient (Wildman–Crippen LogP) is 1.48. The summed E-state index contributed by atoms with van der Waals surface area (Å²) in [5.41, 5.74) is 1.46. The Bertz CT molecular complexity index is 623. The Morgan fingerprint density at radius 3 is 2.69 bits per heavy atom. The number of fused-ring (bicyclic) bond motifs is 1. The Morgan fingerprint density at radius 1 is 0.938 bits per heavy atom. The summed E-state index contributed by atoms with van der Waals surface area (Å²) >= 11 is 0. The van der Waals surface area contributed by atoms with Crippen molar-refractivity contribution in [1.82, 2.24) is 24.9 Å². The minimum absolute atomic E-state index is 0.590. The van der Waals surface area contributed by atoms with Crippen molar-refractivity contribution in [3.8, 4) is 11.4 Å². The summed E-state index contributed by atoms with van der Waals surface area (Å²) in [7, 11) is 0. The van der Waals surface area contributed by atoms with E-state index in [1.807, 2.05) is 12.1 Å². The zero-order valence-corrected chi connectivity index (χ0v) is 8.28. The standard InChI is InChI=1S/C11H7N5/c1-2-8-6-15-11(16-10(8)14-3-1)9-4-12-7-13-5-9/h1-7H. The van der Waals surface area contributed by atoms with Crippen LogP contribution < -0.4 is 0 Å². The molecule has 3 heterocycles. The van der Waals surface area contributed by atoms with Gasteiger partial charge in [0.1, 0.15) is 6.33 Å². The van der Waals surface area contributed by atoms with Crippen LogP contribution in [-0.4, -0.2) is 24.9 Å². The summed E-state index contributed by atoms with van der Waals surface area (Å²) in [5, 5.41) is 0.920. The number of pyridine rings is 1. The first-order valence-electron chi connectivity index (χ1n) is 4.76. The van der Waals surface area contributed by atoms with Crippen LogP contribution in [0, 0.1) is 0 Å². The molecule has 0 spiro atoms. The molecule has 0 bridgehead atoms. The SMILES string of the molecule is c1cnc2nc(-c3cncnc3)ncc2c1. The molecule has 0 aliphatic heterocycles. The van der Waals surface area contributed by atoms with Crippen LogP contribution in [0.3, 0.4) is 0 Å². The van der Waals surface area contributed by atoms with Gasteiger partial charge >= 0.3 is 0 Å². The molecule has 0 atom stereocenters. The van der Waals surface area contributed by atoms with Crippen LogP contribution in [0.1, 0.15) is 0 Å². The summed E-state index contributed by atoms with van der Waals surface area (Å²) < 4.78 is 0. The van der Waals surface area contributed by atoms with Gasteiger partial charge in [0.2, 0.25) is 0 Å². The second-order valence-corrected chi connectivity index (χ2v) is 3.24. The van der Waals surface area contributed by atoms with E-state index in [-0.39, 0.29) is 0 Å². The van der Waals surface area contributed by atoms with E-state index in [0.717, 1.165) is 10.9 Å². The highest BCUT2D eigenvalue weighted by Gasteiger charge is 2.03. The lowest BCUT2D eigenvalue weighted by Crippen LogP contribution is -1.92. The van der Waals surface area contributed by atoms with Gasteiger partial charge in [-0.1, -0.05) is 0 Å². The second kappa shape index (κ2) is 3.62. The van der Waals surface area contributed by atoms with Crippen molar-refractivity contribution in [3.63, 3.8) is 0 Å². The minimum Gasteiger partial charge on any atom is -0.244 e. The van der Waals surface area contributed by atoms with Gasteiger partial charge in [-0.15, -0.1) is 0 Å². The molecule has 0 unspecified atom stereocenters. The van der Waals surface area contributed by atoms with E-state index in [4.69, 9.17) is 0 Å². The van der Waals surface area contributed by atoms with Gasteiger partial charge in [0, 0.05) is 30.2 Å². The average molecular weight is 209 g/mol. The number of aromatic nitrogens is 5. The molecule has 0 aromatic carbocycles. The van der Waals surface area contributed by atoms with Gasteiger partial charge in [-0.25, -0.2) is 24.9 Å². The van der Waals surface area contributed by atoms with E-state index < -0.39 is 0 Å². The maximum Gasteiger partial charge on any atom is 0.164 e. The van der Waals surface area contributed by atoms with Crippen LogP contribution >= 0.6 is 0 Å². The maximum absolute atomic E-state index is 4.34. The molecule has 5 nitrogen and oxygen atoms in total. The first kappa shape index (κ1) is 8.84. The molecule has 3 aromatic rings. The van der Waals surface area contributed by atoms with Gasteiger partial charge in [0.15, 0.2) is 11.5 Å². The normalized spacial score (nSPS) is 10.5. The lowest BCUT2D eigenvalue weighted by atomic mass is 10.3. The lowest BCUT2D eigenvalue weighted by molar-refractivity contribution is 1.13. The van der Waals surface area contributed by atoms with Crippen molar-refractivity contribution in [1.29, 1.82) is 0 Å². The average Bonchev–Trinajstić information content (AvgIpc) is 2.39. The number of hydrogen-bond donors (Lipinski definition) is 0. The molecule has 0 aliphatic carbocycles. The van der Waals surface area contributed by atoms with Gasteiger partial charge in [-0.05, 0) is 12.1 Å². The summed E-state index contributed by atoms with van der Waals surface area (Å²) in [6, 6.07) is 3.78. The van der Waals surface area contributed by atoms with Crippen LogP contribution in [0.15, 0.2) is 43.2 Å². The van der Waals surface area contributed by atoms with Crippen molar-refractivity contribution in [2.24, 2.45) is 0 Å². The predicted molar refractivity (Wildman–Crippen MR) is 58.4 cm³/mol. The second-order valence-electron chi connectivity index (χ2n) is 3.24. The Morgan fingerprint density at radius 2 is 1.81 bits per heavy atom. The van der Waals surface area contributed by atoms with E-state index in [1.165, 1.54) is 6.33 Å². The molecule has 0 saturated carbocycles. The molecule has 0 radical (unpaired) electrons. The summed E-state index contributed by atoms with van der Waals surface area (Å²) in [6.45, 7) is 0. The zero-order chi connectivity index (χ0) is 10.8. The molecule has 0 saturated heterocycles. The van der Waals surface area contributed by atoms with Crippen molar-refractivity contribution >= 4 is 11.0 Å². The third-order valence-electron chi connectivity index (χ3n) is 2.17. The first-order chi connectivity index (χ1) is 7.93. The Hall–Kier alpha value is -2.43. The Balaban J connectivity index is 2.19. The molecule has 0 fully saturated rings. The van der Waals surface area contributed by atoms with Gasteiger partial charge in [0.05, 0.1) is 5.56 Å². The molecular formula is C11H7N5.